The van der Waals surface area contributed by atoms with Gasteiger partial charge in [0.15, 0.2) is 5.69 Å². The van der Waals surface area contributed by atoms with Gasteiger partial charge in [0, 0.05) is 12.7 Å². The van der Waals surface area contributed by atoms with E-state index in [0.29, 0.717) is 6.42 Å². The second-order valence-electron chi connectivity index (χ2n) is 3.46. The van der Waals surface area contributed by atoms with Crippen molar-refractivity contribution in [1.29, 1.82) is 0 Å². The molecule has 1 aromatic rings. The number of carboxylic acid groups (broad SMARTS) is 2. The highest BCUT2D eigenvalue weighted by atomic mass is 16.4. The number of pyridine rings is 1. The molecular formula is C11H14N2O4. The van der Waals surface area contributed by atoms with Crippen molar-refractivity contribution in [2.75, 3.05) is 11.4 Å². The molecule has 0 aliphatic heterocycles. The molecule has 0 spiro atoms. The minimum atomic E-state index is -1.23. The highest BCUT2D eigenvalue weighted by molar-refractivity contribution is 5.97. The Morgan fingerprint density at radius 3 is 2.65 bits per heavy atom. The molecule has 0 aliphatic rings. The first-order chi connectivity index (χ1) is 8.07. The van der Waals surface area contributed by atoms with Crippen LogP contribution >= 0.6 is 0 Å². The smallest absolute Gasteiger partial charge is 0.411 e. The third-order valence-corrected chi connectivity index (χ3v) is 2.25. The van der Waals surface area contributed by atoms with Gasteiger partial charge in [-0.3, -0.25) is 4.90 Å². The second kappa shape index (κ2) is 5.83. The molecule has 0 unspecified atom stereocenters. The Morgan fingerprint density at radius 2 is 2.12 bits per heavy atom. The zero-order chi connectivity index (χ0) is 12.8. The molecule has 17 heavy (non-hydrogen) atoms. The Bertz CT molecular complexity index is 420. The van der Waals surface area contributed by atoms with E-state index in [1.165, 1.54) is 18.3 Å². The van der Waals surface area contributed by atoms with Gasteiger partial charge in [-0.15, -0.1) is 0 Å². The van der Waals surface area contributed by atoms with Crippen molar-refractivity contribution in [2.24, 2.45) is 0 Å². The third kappa shape index (κ3) is 3.17. The second-order valence-corrected chi connectivity index (χ2v) is 3.46. The summed E-state index contributed by atoms with van der Waals surface area (Å²) in [6.07, 6.45) is 1.65. The van der Waals surface area contributed by atoms with E-state index in [0.717, 1.165) is 11.3 Å². The Morgan fingerprint density at radius 1 is 1.41 bits per heavy atom. The number of hydrogen-bond acceptors (Lipinski definition) is 3. The third-order valence-electron chi connectivity index (χ3n) is 2.25. The number of hydrogen-bond donors (Lipinski definition) is 2. The molecule has 1 aromatic heterocycles. The number of amides is 1. The van der Waals surface area contributed by atoms with Gasteiger partial charge in [-0.25, -0.2) is 14.6 Å². The van der Waals surface area contributed by atoms with Gasteiger partial charge < -0.3 is 10.2 Å². The lowest BCUT2D eigenvalue weighted by atomic mass is 10.2. The molecule has 92 valence electrons. The van der Waals surface area contributed by atoms with Crippen LogP contribution in [0.5, 0.6) is 0 Å². The molecule has 6 nitrogen and oxygen atoms in total. The first-order valence-corrected chi connectivity index (χ1v) is 5.26. The monoisotopic (exact) mass is 238 g/mol. The molecule has 0 aliphatic carbocycles. The Labute approximate surface area is 98.5 Å². The highest BCUT2D eigenvalue weighted by Gasteiger charge is 2.21. The summed E-state index contributed by atoms with van der Waals surface area (Å²) in [5, 5.41) is 18.0. The Hall–Kier alpha value is -2.11. The molecule has 0 bridgehead atoms. The van der Waals surface area contributed by atoms with Crippen molar-refractivity contribution >= 4 is 17.7 Å². The van der Waals surface area contributed by atoms with E-state index in [1.54, 1.807) is 0 Å². The zero-order valence-corrected chi connectivity index (χ0v) is 9.46. The van der Waals surface area contributed by atoms with E-state index in [9.17, 15) is 9.59 Å². The van der Waals surface area contributed by atoms with E-state index in [4.69, 9.17) is 10.2 Å². The van der Waals surface area contributed by atoms with Crippen LogP contribution in [-0.4, -0.2) is 33.8 Å². The minimum absolute atomic E-state index is 0.112. The number of anilines is 1. The summed E-state index contributed by atoms with van der Waals surface area (Å²) in [5.74, 6) is -1.23. The van der Waals surface area contributed by atoms with Crippen LogP contribution in [0.1, 0.15) is 30.3 Å². The maximum absolute atomic E-state index is 11.1. The molecule has 1 amide bonds. The van der Waals surface area contributed by atoms with Crippen molar-refractivity contribution in [3.8, 4) is 0 Å². The lowest BCUT2D eigenvalue weighted by Gasteiger charge is -2.19. The number of aromatic nitrogens is 1. The Balaban J connectivity index is 3.09. The van der Waals surface area contributed by atoms with Crippen molar-refractivity contribution in [3.05, 3.63) is 24.0 Å². The highest BCUT2D eigenvalue weighted by Crippen LogP contribution is 2.19. The normalized spacial score (nSPS) is 9.94. The van der Waals surface area contributed by atoms with Gasteiger partial charge in [0.2, 0.25) is 0 Å². The number of aromatic carboxylic acids is 1. The van der Waals surface area contributed by atoms with Gasteiger partial charge in [0.1, 0.15) is 0 Å². The molecule has 6 heteroatoms. The summed E-state index contributed by atoms with van der Waals surface area (Å²) in [4.78, 5) is 26.7. The zero-order valence-electron chi connectivity index (χ0n) is 9.46. The van der Waals surface area contributed by atoms with Crippen LogP contribution in [0.15, 0.2) is 18.3 Å². The van der Waals surface area contributed by atoms with Gasteiger partial charge in [0.25, 0.3) is 0 Å². The lowest BCUT2D eigenvalue weighted by Crippen LogP contribution is -2.32. The van der Waals surface area contributed by atoms with Crippen LogP contribution in [0.3, 0.4) is 0 Å². The van der Waals surface area contributed by atoms with Gasteiger partial charge in [0.05, 0.1) is 5.69 Å². The molecule has 1 heterocycles. The van der Waals surface area contributed by atoms with E-state index in [1.807, 2.05) is 6.92 Å². The minimum Gasteiger partial charge on any atom is -0.476 e. The molecule has 0 radical (unpaired) electrons. The topological polar surface area (TPSA) is 90.7 Å². The average Bonchev–Trinajstić information content (AvgIpc) is 2.29. The van der Waals surface area contributed by atoms with Gasteiger partial charge in [-0.05, 0) is 18.6 Å². The van der Waals surface area contributed by atoms with Gasteiger partial charge >= 0.3 is 12.1 Å². The fourth-order valence-corrected chi connectivity index (χ4v) is 1.41. The molecule has 0 atom stereocenters. The fraction of sp³-hybridized carbons (Fsp3) is 0.364. The van der Waals surface area contributed by atoms with E-state index in [2.05, 4.69) is 4.98 Å². The molecular weight excluding hydrogens is 224 g/mol. The SMILES string of the molecule is CCCCN(C(=O)O)c1cccnc1C(=O)O. The predicted molar refractivity (Wildman–Crippen MR) is 61.5 cm³/mol. The standard InChI is InChI=1S/C11H14N2O4/c1-2-3-7-13(11(16)17)8-5-4-6-12-9(8)10(14)15/h4-6H,2-3,7H2,1H3,(H,14,15)(H,16,17). The number of carboxylic acids is 1. The fourth-order valence-electron chi connectivity index (χ4n) is 1.41. The molecule has 0 fully saturated rings. The quantitative estimate of drug-likeness (QED) is 0.819. The van der Waals surface area contributed by atoms with E-state index in [-0.39, 0.29) is 17.9 Å². The maximum Gasteiger partial charge on any atom is 0.411 e. The Kier molecular flexibility index (Phi) is 4.45. The molecule has 0 aromatic carbocycles. The predicted octanol–water partition coefficient (Wildman–Crippen LogP) is 2.06. The number of carbonyl (C=O) groups is 2. The van der Waals surface area contributed by atoms with E-state index >= 15 is 0 Å². The van der Waals surface area contributed by atoms with Gasteiger partial charge in [-0.1, -0.05) is 13.3 Å². The van der Waals surface area contributed by atoms with Crippen molar-refractivity contribution in [1.82, 2.24) is 4.98 Å². The van der Waals surface area contributed by atoms with Crippen molar-refractivity contribution in [3.63, 3.8) is 0 Å². The summed E-state index contributed by atoms with van der Waals surface area (Å²) in [6.45, 7) is 2.19. The maximum atomic E-state index is 11.1. The van der Waals surface area contributed by atoms with E-state index < -0.39 is 12.1 Å². The first-order valence-electron chi connectivity index (χ1n) is 5.26. The number of nitrogens with zero attached hydrogens (tertiary/aromatic N) is 2. The van der Waals surface area contributed by atoms with Crippen LogP contribution in [0.4, 0.5) is 10.5 Å². The summed E-state index contributed by atoms with van der Waals surface area (Å²) in [5.41, 5.74) is -0.132. The van der Waals surface area contributed by atoms with Crippen LogP contribution in [0.25, 0.3) is 0 Å². The largest absolute Gasteiger partial charge is 0.476 e. The van der Waals surface area contributed by atoms with Crippen molar-refractivity contribution < 1.29 is 19.8 Å². The molecule has 1 rings (SSSR count). The number of unbranched alkanes of at least 4 members (excludes halogenated alkanes) is 1. The average molecular weight is 238 g/mol. The van der Waals surface area contributed by atoms with Crippen LogP contribution in [-0.2, 0) is 0 Å². The van der Waals surface area contributed by atoms with Crippen LogP contribution < -0.4 is 4.90 Å². The first kappa shape index (κ1) is 13.0. The van der Waals surface area contributed by atoms with Gasteiger partial charge in [-0.2, -0.15) is 0 Å². The lowest BCUT2D eigenvalue weighted by molar-refractivity contribution is 0.0691. The molecule has 0 saturated heterocycles. The number of rotatable bonds is 5. The summed E-state index contributed by atoms with van der Waals surface area (Å²) < 4.78 is 0. The summed E-state index contributed by atoms with van der Waals surface area (Å²) in [7, 11) is 0. The van der Waals surface area contributed by atoms with Crippen LogP contribution in [0.2, 0.25) is 0 Å². The van der Waals surface area contributed by atoms with Crippen molar-refractivity contribution in [2.45, 2.75) is 19.8 Å². The molecule has 0 saturated carbocycles. The summed E-state index contributed by atoms with van der Waals surface area (Å²) >= 11 is 0. The summed E-state index contributed by atoms with van der Waals surface area (Å²) in [6, 6.07) is 2.96. The van der Waals surface area contributed by atoms with Crippen LogP contribution in [0, 0.1) is 0 Å². The molecule has 2 N–H and O–H groups in total.